The van der Waals surface area contributed by atoms with Crippen LogP contribution in [0.1, 0.15) is 81.8 Å². The summed E-state index contributed by atoms with van der Waals surface area (Å²) in [7, 11) is 1.31. The summed E-state index contributed by atoms with van der Waals surface area (Å²) in [4.78, 5) is 44.5. The molecule has 1 aliphatic carbocycles. The molecule has 10 heteroatoms. The highest BCUT2D eigenvalue weighted by Gasteiger charge is 2.40. The maximum Gasteiger partial charge on any atom is 0.292 e. The second-order valence-corrected chi connectivity index (χ2v) is 12.2. The number of imidazole rings is 1. The number of hydrogen-bond donors (Lipinski definition) is 0. The zero-order chi connectivity index (χ0) is 29.7. The Morgan fingerprint density at radius 1 is 1.10 bits per heavy atom. The highest BCUT2D eigenvalue weighted by atomic mass is 35.5. The molecule has 1 saturated carbocycles. The van der Waals surface area contributed by atoms with Gasteiger partial charge in [0.05, 0.1) is 24.5 Å². The number of piperazine rings is 1. The van der Waals surface area contributed by atoms with E-state index in [0.717, 1.165) is 42.5 Å². The molecular weight excluding hydrogens is 542 g/mol. The molecule has 220 valence electrons. The lowest BCUT2D eigenvalue weighted by atomic mass is 9.87. The fraction of sp³-hybridized carbons (Fsp3) is 0.516. The molecule has 2 amide bonds. The summed E-state index contributed by atoms with van der Waals surface area (Å²) in [6.07, 6.45) is 7.21. The molecule has 0 radical (unpaired) electrons. The zero-order valence-corrected chi connectivity index (χ0v) is 25.4. The van der Waals surface area contributed by atoms with E-state index in [0.29, 0.717) is 42.5 Å². The third kappa shape index (κ3) is 6.89. The number of hydrogen-bond acceptors (Lipinski definition) is 6. The molecule has 3 heterocycles. The summed E-state index contributed by atoms with van der Waals surface area (Å²) >= 11 is 6.08. The van der Waals surface area contributed by atoms with E-state index < -0.39 is 5.54 Å². The third-order valence-corrected chi connectivity index (χ3v) is 8.20. The summed E-state index contributed by atoms with van der Waals surface area (Å²) in [5.74, 6) is 0.476. The molecule has 1 saturated heterocycles. The van der Waals surface area contributed by atoms with E-state index in [-0.39, 0.29) is 23.7 Å². The van der Waals surface area contributed by atoms with Crippen molar-refractivity contribution >= 4 is 35.5 Å². The average Bonchev–Trinajstić information content (AvgIpc) is 3.40. The predicted octanol–water partition coefficient (Wildman–Crippen LogP) is 5.61. The van der Waals surface area contributed by atoms with E-state index in [9.17, 15) is 9.59 Å². The van der Waals surface area contributed by atoms with Gasteiger partial charge in [-0.15, -0.1) is 0 Å². The Balaban J connectivity index is 0.000000909. The summed E-state index contributed by atoms with van der Waals surface area (Å²) in [5.41, 5.74) is 3.37. The molecule has 0 atom stereocenters. The van der Waals surface area contributed by atoms with Crippen molar-refractivity contribution in [3.8, 4) is 11.3 Å². The van der Waals surface area contributed by atoms with Gasteiger partial charge in [-0.05, 0) is 50.8 Å². The lowest BCUT2D eigenvalue weighted by Gasteiger charge is -2.47. The second-order valence-electron chi connectivity index (χ2n) is 11.7. The van der Waals surface area contributed by atoms with Crippen LogP contribution in [0.25, 0.3) is 16.9 Å². The van der Waals surface area contributed by atoms with Crippen molar-refractivity contribution in [1.29, 1.82) is 0 Å². The van der Waals surface area contributed by atoms with E-state index in [1.165, 1.54) is 13.5 Å². The Morgan fingerprint density at radius 2 is 1.76 bits per heavy atom. The molecule has 2 aliphatic rings. The van der Waals surface area contributed by atoms with E-state index in [2.05, 4.69) is 18.6 Å². The molecule has 5 rings (SSSR count). The van der Waals surface area contributed by atoms with E-state index in [1.807, 2.05) is 54.0 Å². The van der Waals surface area contributed by atoms with Gasteiger partial charge in [-0.3, -0.25) is 14.4 Å². The van der Waals surface area contributed by atoms with Crippen LogP contribution in [0.5, 0.6) is 0 Å². The summed E-state index contributed by atoms with van der Waals surface area (Å²) in [6.45, 7) is 10.3. The Hall–Kier alpha value is -3.46. The summed E-state index contributed by atoms with van der Waals surface area (Å²) in [6, 6.07) is 9.63. The lowest BCUT2D eigenvalue weighted by Crippen LogP contribution is -2.62. The first-order valence-corrected chi connectivity index (χ1v) is 14.7. The van der Waals surface area contributed by atoms with Crippen molar-refractivity contribution in [2.24, 2.45) is 5.92 Å². The lowest BCUT2D eigenvalue weighted by molar-refractivity contribution is -0.140. The van der Waals surface area contributed by atoms with Crippen LogP contribution in [-0.2, 0) is 14.3 Å². The van der Waals surface area contributed by atoms with Crippen molar-refractivity contribution < 1.29 is 19.1 Å². The molecule has 1 aromatic carbocycles. The zero-order valence-electron chi connectivity index (χ0n) is 24.6. The first-order valence-electron chi connectivity index (χ1n) is 14.3. The second kappa shape index (κ2) is 13.0. The van der Waals surface area contributed by atoms with Gasteiger partial charge in [0.15, 0.2) is 5.65 Å². The van der Waals surface area contributed by atoms with Crippen LogP contribution >= 0.6 is 11.6 Å². The maximum absolute atomic E-state index is 13.7. The molecule has 2 fully saturated rings. The van der Waals surface area contributed by atoms with Crippen LogP contribution in [0.4, 0.5) is 0 Å². The van der Waals surface area contributed by atoms with Gasteiger partial charge in [-0.1, -0.05) is 56.8 Å². The topological polar surface area (TPSA) is 97.1 Å². The fourth-order valence-electron chi connectivity index (χ4n) is 5.76. The Kier molecular flexibility index (Phi) is 9.68. The van der Waals surface area contributed by atoms with Crippen LogP contribution in [-0.4, -0.2) is 75.0 Å². The van der Waals surface area contributed by atoms with Crippen molar-refractivity contribution in [3.05, 3.63) is 52.8 Å². The smallest absolute Gasteiger partial charge is 0.292 e. The number of fused-ring (bicyclic) bond motifs is 1. The summed E-state index contributed by atoms with van der Waals surface area (Å²) < 4.78 is 5.59. The predicted molar refractivity (Wildman–Crippen MR) is 159 cm³/mol. The molecule has 1 aliphatic heterocycles. The van der Waals surface area contributed by atoms with Crippen LogP contribution in [0.2, 0.25) is 5.02 Å². The number of carbonyl (C=O) groups excluding carboxylic acids is 3. The Labute approximate surface area is 246 Å². The van der Waals surface area contributed by atoms with Crippen molar-refractivity contribution in [3.63, 3.8) is 0 Å². The van der Waals surface area contributed by atoms with Crippen molar-refractivity contribution in [1.82, 2.24) is 24.4 Å². The minimum Gasteiger partial charge on any atom is -0.471 e. The number of rotatable bonds is 5. The molecule has 0 unspecified atom stereocenters. The van der Waals surface area contributed by atoms with E-state index >= 15 is 0 Å². The number of benzene rings is 1. The van der Waals surface area contributed by atoms with Gasteiger partial charge < -0.3 is 14.5 Å². The SMILES string of the molecule is CC(C)c1cc(-c2ccc(Cl)cc2)nn2cc(C(=O)N3CCN(C(=O)C4CCCCC4)CC3(C)C)nc12.COC=O. The number of methoxy groups -OCH3 is 1. The number of halogens is 1. The standard InChI is InChI=1S/C29H36ClN5O2.C2H4O2/c1-19(2)23-16-24(20-10-12-22(30)13-11-20)32-35-17-25(31-26(23)35)28(37)34-15-14-33(18-29(34,3)4)27(36)21-8-6-5-7-9-21;1-4-2-3/h10-13,16-17,19,21H,5-9,14-15,18H2,1-4H3;2H,1H3. The van der Waals surface area contributed by atoms with E-state index in [4.69, 9.17) is 26.5 Å². The minimum atomic E-state index is -0.488. The molecule has 3 aromatic rings. The highest BCUT2D eigenvalue weighted by molar-refractivity contribution is 6.30. The van der Waals surface area contributed by atoms with Gasteiger partial charge in [-0.25, -0.2) is 9.50 Å². The first-order chi connectivity index (χ1) is 19.6. The maximum atomic E-state index is 13.7. The van der Waals surface area contributed by atoms with Gasteiger partial charge >= 0.3 is 0 Å². The third-order valence-electron chi connectivity index (χ3n) is 7.94. The van der Waals surface area contributed by atoms with Gasteiger partial charge in [-0.2, -0.15) is 5.10 Å². The van der Waals surface area contributed by atoms with Crippen molar-refractivity contribution in [2.45, 2.75) is 71.3 Å². The Bertz CT molecular complexity index is 1380. The quantitative estimate of drug-likeness (QED) is 0.364. The van der Waals surface area contributed by atoms with E-state index in [1.54, 1.807) is 10.7 Å². The first kappa shape index (κ1) is 30.5. The molecule has 9 nitrogen and oxygen atoms in total. The van der Waals surface area contributed by atoms with Gasteiger partial charge in [0.25, 0.3) is 12.4 Å². The Morgan fingerprint density at radius 3 is 2.34 bits per heavy atom. The normalized spacial score (nSPS) is 17.2. The monoisotopic (exact) mass is 581 g/mol. The van der Waals surface area contributed by atoms with Crippen LogP contribution in [0.3, 0.4) is 0 Å². The number of amides is 2. The number of nitrogens with zero attached hydrogens (tertiary/aromatic N) is 5. The average molecular weight is 582 g/mol. The summed E-state index contributed by atoms with van der Waals surface area (Å²) in [5, 5.41) is 5.45. The largest absolute Gasteiger partial charge is 0.471 e. The molecule has 41 heavy (non-hydrogen) atoms. The molecule has 0 spiro atoms. The van der Waals surface area contributed by atoms with Gasteiger partial charge in [0.2, 0.25) is 5.91 Å². The molecule has 0 N–H and O–H groups in total. The molecule has 2 aromatic heterocycles. The molecule has 0 bridgehead atoms. The van der Waals surface area contributed by atoms with Crippen molar-refractivity contribution in [2.75, 3.05) is 26.7 Å². The van der Waals surface area contributed by atoms with Crippen LogP contribution in [0, 0.1) is 5.92 Å². The fourth-order valence-corrected chi connectivity index (χ4v) is 5.88. The van der Waals surface area contributed by atoms with Crippen LogP contribution < -0.4 is 0 Å². The minimum absolute atomic E-state index is 0.122. The van der Waals surface area contributed by atoms with Gasteiger partial charge in [0.1, 0.15) is 5.69 Å². The molecular formula is C31H40ClN5O4. The van der Waals surface area contributed by atoms with Gasteiger partial charge in [0, 0.05) is 41.7 Å². The highest BCUT2D eigenvalue weighted by Crippen LogP contribution is 2.30. The number of carbonyl (C=O) groups is 3. The van der Waals surface area contributed by atoms with Crippen LogP contribution in [0.15, 0.2) is 36.5 Å². The number of ether oxygens (including phenoxy) is 1. The number of aromatic nitrogens is 3.